The number of allylic oxidation sites excluding steroid dienone is 1. The van der Waals surface area contributed by atoms with Crippen molar-refractivity contribution >= 4 is 22.2 Å². The van der Waals surface area contributed by atoms with Gasteiger partial charge in [-0.3, -0.25) is 4.98 Å². The summed E-state index contributed by atoms with van der Waals surface area (Å²) in [5.41, 5.74) is 1.56. The van der Waals surface area contributed by atoms with Gasteiger partial charge in [-0.25, -0.2) is 4.39 Å². The first-order valence-electron chi connectivity index (χ1n) is 5.61. The Hall–Kier alpha value is -2.18. The van der Waals surface area contributed by atoms with Gasteiger partial charge in [0.1, 0.15) is 11.9 Å². The van der Waals surface area contributed by atoms with Crippen molar-refractivity contribution in [3.63, 3.8) is 0 Å². The highest BCUT2D eigenvalue weighted by Gasteiger charge is 2.14. The van der Waals surface area contributed by atoms with Gasteiger partial charge in [-0.05, 0) is 30.2 Å². The Bertz CT molecular complexity index is 672. The average molecular weight is 273 g/mol. The number of benzene rings is 1. The molecule has 0 aliphatic rings. The molecule has 2 rings (SSSR count). The second-order valence-corrected chi connectivity index (χ2v) is 4.35. The van der Waals surface area contributed by atoms with Crippen LogP contribution >= 0.6 is 11.6 Å². The Labute approximate surface area is 115 Å². The number of aryl methyl sites for hydroxylation is 1. The van der Waals surface area contributed by atoms with Crippen LogP contribution in [0.1, 0.15) is 16.7 Å². The van der Waals surface area contributed by atoms with E-state index in [4.69, 9.17) is 11.6 Å². The van der Waals surface area contributed by atoms with Crippen molar-refractivity contribution in [1.82, 2.24) is 4.98 Å². The lowest BCUT2D eigenvalue weighted by Crippen LogP contribution is -1.92. The van der Waals surface area contributed by atoms with Crippen LogP contribution in [0.15, 0.2) is 42.7 Å². The zero-order valence-corrected chi connectivity index (χ0v) is 10.9. The normalized spacial score (nSPS) is 11.7. The van der Waals surface area contributed by atoms with E-state index in [1.54, 1.807) is 49.6 Å². The number of rotatable bonds is 2. The van der Waals surface area contributed by atoms with Gasteiger partial charge >= 0.3 is 0 Å². The van der Waals surface area contributed by atoms with Gasteiger partial charge < -0.3 is 0 Å². The van der Waals surface area contributed by atoms with Gasteiger partial charge in [0.25, 0.3) is 0 Å². The van der Waals surface area contributed by atoms with Crippen molar-refractivity contribution in [3.05, 3.63) is 65.2 Å². The molecule has 1 heterocycles. The number of pyridine rings is 1. The number of hydrogen-bond acceptors (Lipinski definition) is 2. The van der Waals surface area contributed by atoms with E-state index in [1.165, 1.54) is 0 Å². The Morgan fingerprint density at radius 2 is 1.95 bits per heavy atom. The highest BCUT2D eigenvalue weighted by Crippen LogP contribution is 2.31. The summed E-state index contributed by atoms with van der Waals surface area (Å²) in [5, 5.41) is 9.34. The average Bonchev–Trinajstić information content (AvgIpc) is 2.44. The van der Waals surface area contributed by atoms with E-state index < -0.39 is 5.82 Å². The predicted octanol–water partition coefficient (Wildman–Crippen LogP) is 4.16. The van der Waals surface area contributed by atoms with Gasteiger partial charge in [-0.15, -0.1) is 0 Å². The Morgan fingerprint density at radius 3 is 2.58 bits per heavy atom. The Kier molecular flexibility index (Phi) is 3.94. The van der Waals surface area contributed by atoms with Gasteiger partial charge in [-0.2, -0.15) is 5.26 Å². The molecule has 2 aromatic rings. The summed E-state index contributed by atoms with van der Waals surface area (Å²) in [6.07, 6.45) is 3.12. The minimum atomic E-state index is -0.408. The van der Waals surface area contributed by atoms with Crippen molar-refractivity contribution in [2.24, 2.45) is 0 Å². The molecule has 4 heteroatoms. The zero-order chi connectivity index (χ0) is 13.8. The zero-order valence-electron chi connectivity index (χ0n) is 10.2. The van der Waals surface area contributed by atoms with Gasteiger partial charge in [-0.1, -0.05) is 29.8 Å². The van der Waals surface area contributed by atoms with Crippen LogP contribution in [0.5, 0.6) is 0 Å². The molecule has 2 nitrogen and oxygen atoms in total. The molecule has 0 unspecified atom stereocenters. The van der Waals surface area contributed by atoms with Crippen LogP contribution in [0.4, 0.5) is 4.39 Å². The standard InChI is InChI=1S/C15H10ClFN2/c1-10-3-2-4-12(15(10)17)14(16)13(9-18)11-5-7-19-8-6-11/h2-8H,1H3/b14-13+. The minimum absolute atomic E-state index is 0.106. The van der Waals surface area contributed by atoms with Gasteiger partial charge in [0.2, 0.25) is 0 Å². The summed E-state index contributed by atoms with van der Waals surface area (Å²) in [6, 6.07) is 10.3. The lowest BCUT2D eigenvalue weighted by Gasteiger charge is -2.07. The molecule has 0 saturated carbocycles. The van der Waals surface area contributed by atoms with Crippen molar-refractivity contribution in [2.75, 3.05) is 0 Å². The maximum Gasteiger partial charge on any atom is 0.134 e. The van der Waals surface area contributed by atoms with Crippen LogP contribution in [-0.2, 0) is 0 Å². The second-order valence-electron chi connectivity index (χ2n) is 3.97. The molecule has 0 bridgehead atoms. The third-order valence-corrected chi connectivity index (χ3v) is 3.12. The highest BCUT2D eigenvalue weighted by atomic mass is 35.5. The fraction of sp³-hybridized carbons (Fsp3) is 0.0667. The first kappa shape index (κ1) is 13.3. The lowest BCUT2D eigenvalue weighted by molar-refractivity contribution is 0.615. The first-order chi connectivity index (χ1) is 9.15. The molecule has 1 aromatic carbocycles. The summed E-state index contributed by atoms with van der Waals surface area (Å²) >= 11 is 6.18. The fourth-order valence-electron chi connectivity index (χ4n) is 1.71. The van der Waals surface area contributed by atoms with Crippen LogP contribution in [0.3, 0.4) is 0 Å². The Balaban J connectivity index is 2.63. The molecule has 0 fully saturated rings. The molecule has 0 spiro atoms. The smallest absolute Gasteiger partial charge is 0.134 e. The third-order valence-electron chi connectivity index (χ3n) is 2.73. The third kappa shape index (κ3) is 2.64. The molecule has 0 aliphatic carbocycles. The molecule has 0 N–H and O–H groups in total. The summed E-state index contributed by atoms with van der Waals surface area (Å²) < 4.78 is 14.0. The van der Waals surface area contributed by atoms with Crippen LogP contribution in [0, 0.1) is 24.1 Å². The number of aromatic nitrogens is 1. The van der Waals surface area contributed by atoms with E-state index >= 15 is 0 Å². The van der Waals surface area contributed by atoms with Gasteiger partial charge in [0.15, 0.2) is 0 Å². The molecule has 1 aromatic heterocycles. The van der Waals surface area contributed by atoms with Crippen molar-refractivity contribution in [2.45, 2.75) is 6.92 Å². The molecular weight excluding hydrogens is 263 g/mol. The summed E-state index contributed by atoms with van der Waals surface area (Å²) in [7, 11) is 0. The molecule has 0 amide bonds. The molecule has 0 aliphatic heterocycles. The highest BCUT2D eigenvalue weighted by molar-refractivity contribution is 6.53. The van der Waals surface area contributed by atoms with E-state index in [1.807, 2.05) is 6.07 Å². The van der Waals surface area contributed by atoms with E-state index in [9.17, 15) is 9.65 Å². The fourth-order valence-corrected chi connectivity index (χ4v) is 2.01. The summed E-state index contributed by atoms with van der Waals surface area (Å²) in [5.74, 6) is -0.408. The van der Waals surface area contributed by atoms with Crippen LogP contribution in [0.2, 0.25) is 0 Å². The number of hydrogen-bond donors (Lipinski definition) is 0. The van der Waals surface area contributed by atoms with E-state index in [2.05, 4.69) is 4.98 Å². The molecular formula is C15H10ClFN2. The monoisotopic (exact) mass is 272 g/mol. The van der Waals surface area contributed by atoms with Crippen LogP contribution < -0.4 is 0 Å². The van der Waals surface area contributed by atoms with Crippen molar-refractivity contribution in [3.8, 4) is 6.07 Å². The summed E-state index contributed by atoms with van der Waals surface area (Å²) in [6.45, 7) is 1.65. The summed E-state index contributed by atoms with van der Waals surface area (Å²) in [4.78, 5) is 3.88. The predicted molar refractivity (Wildman–Crippen MR) is 73.7 cm³/mol. The van der Waals surface area contributed by atoms with Crippen molar-refractivity contribution in [1.29, 1.82) is 5.26 Å². The molecule has 19 heavy (non-hydrogen) atoms. The first-order valence-corrected chi connectivity index (χ1v) is 5.98. The minimum Gasteiger partial charge on any atom is -0.265 e. The van der Waals surface area contributed by atoms with Crippen LogP contribution in [0.25, 0.3) is 10.6 Å². The lowest BCUT2D eigenvalue weighted by atomic mass is 10.0. The molecule has 0 atom stereocenters. The number of nitrogens with zero attached hydrogens (tertiary/aromatic N) is 2. The maximum absolute atomic E-state index is 14.0. The second kappa shape index (κ2) is 5.64. The molecule has 0 saturated heterocycles. The van der Waals surface area contributed by atoms with Gasteiger partial charge in [0, 0.05) is 18.0 Å². The van der Waals surface area contributed by atoms with Crippen molar-refractivity contribution < 1.29 is 4.39 Å². The topological polar surface area (TPSA) is 36.7 Å². The molecule has 0 radical (unpaired) electrons. The van der Waals surface area contributed by atoms with E-state index in [0.717, 1.165) is 0 Å². The number of nitriles is 1. The van der Waals surface area contributed by atoms with E-state index in [0.29, 0.717) is 11.1 Å². The number of halogens is 2. The SMILES string of the molecule is Cc1cccc(/C(Cl)=C(/C#N)c2ccncc2)c1F. The largest absolute Gasteiger partial charge is 0.265 e. The van der Waals surface area contributed by atoms with E-state index in [-0.39, 0.29) is 16.2 Å². The molecule has 94 valence electrons. The van der Waals surface area contributed by atoms with Gasteiger partial charge in [0.05, 0.1) is 10.6 Å². The maximum atomic E-state index is 14.0. The van der Waals surface area contributed by atoms with Crippen LogP contribution in [-0.4, -0.2) is 4.98 Å². The Morgan fingerprint density at radius 1 is 1.26 bits per heavy atom. The quantitative estimate of drug-likeness (QED) is 0.770.